The lowest BCUT2D eigenvalue weighted by atomic mass is 9.87. The van der Waals surface area contributed by atoms with Crippen LogP contribution in [0, 0.1) is 11.6 Å². The van der Waals surface area contributed by atoms with Crippen molar-refractivity contribution in [1.29, 1.82) is 0 Å². The van der Waals surface area contributed by atoms with Crippen molar-refractivity contribution in [3.8, 4) is 23.0 Å². The average Bonchev–Trinajstić information content (AvgIpc) is 3.73. The summed E-state index contributed by atoms with van der Waals surface area (Å²) in [6, 6.07) is 28.2. The van der Waals surface area contributed by atoms with Crippen molar-refractivity contribution in [2.45, 2.75) is 106 Å². The summed E-state index contributed by atoms with van der Waals surface area (Å²) in [5.74, 6) is 2.61. The highest BCUT2D eigenvalue weighted by Gasteiger charge is 2.19. The number of rotatable bonds is 22. The summed E-state index contributed by atoms with van der Waals surface area (Å²) in [4.78, 5) is 46.2. The number of imidazole rings is 1. The molecule has 0 fully saturated rings. The number of nitrogens with two attached hydrogens (primary N) is 1. The van der Waals surface area contributed by atoms with E-state index in [1.807, 2.05) is 61.1 Å². The molecule has 0 spiro atoms. The Balaban J connectivity index is 0.000000246. The number of isothiocyanates is 1. The van der Waals surface area contributed by atoms with Gasteiger partial charge in [0.15, 0.2) is 11.6 Å². The Bertz CT molecular complexity index is 3200. The lowest BCUT2D eigenvalue weighted by Crippen LogP contribution is -2.31. The molecule has 4 aromatic carbocycles. The van der Waals surface area contributed by atoms with Crippen LogP contribution in [0.2, 0.25) is 0 Å². The Morgan fingerprint density at radius 2 is 1.19 bits per heavy atom. The SMILES string of the molecule is CC(C)(C)c1ccc(F)c(N=C=S)c1.CCCN(CC)CC(=O)Cc1cc(Oc2ccc(NC)c(N)c2)ccn1.CCCN(CC)CC(=O)Cc1cc(Oc2ccc3c(c2)nc(Nc2cc(C(C)(C)C)ccc2F)n3C)ccn1. The number of halogens is 2. The van der Waals surface area contributed by atoms with Crippen LogP contribution in [0.3, 0.4) is 0 Å². The van der Waals surface area contributed by atoms with Crippen LogP contribution < -0.4 is 25.8 Å². The third-order valence-corrected chi connectivity index (χ3v) is 12.9. The molecule has 79 heavy (non-hydrogen) atoms. The first-order valence-corrected chi connectivity index (χ1v) is 27.2. The number of hydrogen-bond acceptors (Lipinski definition) is 14. The van der Waals surface area contributed by atoms with Gasteiger partial charge in [0.05, 0.1) is 70.6 Å². The van der Waals surface area contributed by atoms with Crippen LogP contribution >= 0.6 is 12.2 Å². The predicted molar refractivity (Wildman–Crippen MR) is 320 cm³/mol. The Labute approximate surface area is 470 Å². The maximum Gasteiger partial charge on any atom is 0.208 e. The number of aliphatic imine (C=N–C) groups is 1. The first-order chi connectivity index (χ1) is 37.6. The van der Waals surface area contributed by atoms with Crippen molar-refractivity contribution < 1.29 is 27.8 Å². The maximum atomic E-state index is 14.6. The van der Waals surface area contributed by atoms with Crippen LogP contribution in [0.4, 0.5) is 37.5 Å². The number of nitrogen functional groups attached to an aromatic ring is 1. The van der Waals surface area contributed by atoms with Gasteiger partial charge in [0.1, 0.15) is 40.3 Å². The summed E-state index contributed by atoms with van der Waals surface area (Å²) >= 11 is 4.45. The number of thiocarbonyl (C=S) groups is 1. The topological polar surface area (TPSA) is 165 Å². The number of hydrogen-bond donors (Lipinski definition) is 3. The van der Waals surface area contributed by atoms with Crippen molar-refractivity contribution in [1.82, 2.24) is 29.3 Å². The molecular weight excluding hydrogens is 1020 g/mol. The summed E-state index contributed by atoms with van der Waals surface area (Å²) < 4.78 is 41.6. The lowest BCUT2D eigenvalue weighted by molar-refractivity contribution is -0.120. The molecule has 7 rings (SSSR count). The minimum absolute atomic E-state index is 0.0145. The highest BCUT2D eigenvalue weighted by Crippen LogP contribution is 2.33. The molecule has 0 saturated carbocycles. The second-order valence-electron chi connectivity index (χ2n) is 21.2. The molecule has 0 bridgehead atoms. The molecule has 0 aliphatic rings. The molecule has 0 aliphatic heterocycles. The summed E-state index contributed by atoms with van der Waals surface area (Å²) in [6.07, 6.45) is 5.94. The molecule has 3 heterocycles. The Kier molecular flexibility index (Phi) is 23.3. The van der Waals surface area contributed by atoms with E-state index in [0.29, 0.717) is 76.7 Å². The molecule has 420 valence electrons. The van der Waals surface area contributed by atoms with Gasteiger partial charge in [-0.25, -0.2) is 13.8 Å². The molecule has 0 atom stereocenters. The summed E-state index contributed by atoms with van der Waals surface area (Å²) in [5.41, 5.74) is 13.0. The first kappa shape index (κ1) is 62.4. The monoisotopic (exact) mass is 1100 g/mol. The van der Waals surface area contributed by atoms with E-state index in [0.717, 1.165) is 61.4 Å². The minimum Gasteiger partial charge on any atom is -0.457 e. The van der Waals surface area contributed by atoms with E-state index >= 15 is 0 Å². The molecule has 0 unspecified atom stereocenters. The van der Waals surface area contributed by atoms with E-state index in [9.17, 15) is 18.4 Å². The number of ketones is 2. The fourth-order valence-electron chi connectivity index (χ4n) is 8.36. The van der Waals surface area contributed by atoms with Crippen LogP contribution in [0.15, 0.2) is 114 Å². The molecular formula is C62H78F2N10O4S. The van der Waals surface area contributed by atoms with E-state index in [2.05, 4.69) is 122 Å². The highest BCUT2D eigenvalue weighted by molar-refractivity contribution is 7.78. The first-order valence-electron chi connectivity index (χ1n) is 26.8. The van der Waals surface area contributed by atoms with Gasteiger partial charge in [-0.3, -0.25) is 29.4 Å². The van der Waals surface area contributed by atoms with Crippen LogP contribution in [-0.2, 0) is 40.3 Å². The zero-order valence-electron chi connectivity index (χ0n) is 48.0. The number of nitrogens with one attached hydrogen (secondary N) is 2. The number of carbonyl (C=O) groups is 2. The van der Waals surface area contributed by atoms with Gasteiger partial charge < -0.3 is 30.4 Å². The number of carbonyl (C=O) groups excluding carboxylic acids is 2. The van der Waals surface area contributed by atoms with Crippen molar-refractivity contribution in [3.05, 3.63) is 144 Å². The molecule has 4 N–H and O–H groups in total. The molecule has 0 amide bonds. The van der Waals surface area contributed by atoms with Gasteiger partial charge in [-0.1, -0.05) is 81.4 Å². The smallest absolute Gasteiger partial charge is 0.208 e. The van der Waals surface area contributed by atoms with Crippen molar-refractivity contribution in [3.63, 3.8) is 0 Å². The second kappa shape index (κ2) is 29.5. The van der Waals surface area contributed by atoms with E-state index in [1.54, 1.807) is 54.9 Å². The molecule has 17 heteroatoms. The number of anilines is 4. The Hall–Kier alpha value is -7.43. The van der Waals surface area contributed by atoms with E-state index in [1.165, 1.54) is 12.1 Å². The van der Waals surface area contributed by atoms with E-state index in [-0.39, 0.29) is 46.1 Å². The number of aromatic nitrogens is 4. The fraction of sp³-hybridized carbons (Fsp3) is 0.387. The molecule has 3 aromatic heterocycles. The van der Waals surface area contributed by atoms with Crippen LogP contribution in [0.1, 0.15) is 105 Å². The van der Waals surface area contributed by atoms with Gasteiger partial charge in [-0.15, -0.1) is 0 Å². The highest BCUT2D eigenvalue weighted by atomic mass is 32.1. The molecule has 14 nitrogen and oxygen atoms in total. The molecule has 0 saturated heterocycles. The average molecular weight is 1100 g/mol. The van der Waals surface area contributed by atoms with Crippen LogP contribution in [0.25, 0.3) is 11.0 Å². The predicted octanol–water partition coefficient (Wildman–Crippen LogP) is 14.0. The number of benzene rings is 4. The molecule has 0 radical (unpaired) electrons. The van der Waals surface area contributed by atoms with Crippen LogP contribution in [-0.4, -0.2) is 92.4 Å². The van der Waals surface area contributed by atoms with E-state index in [4.69, 9.17) is 20.2 Å². The summed E-state index contributed by atoms with van der Waals surface area (Å²) in [7, 11) is 3.70. The van der Waals surface area contributed by atoms with Gasteiger partial charge in [-0.2, -0.15) is 4.99 Å². The number of ether oxygens (including phenoxy) is 2. The van der Waals surface area contributed by atoms with Crippen molar-refractivity contribution in [2.24, 2.45) is 12.0 Å². The van der Waals surface area contributed by atoms with Crippen molar-refractivity contribution >= 4 is 68.7 Å². The second-order valence-corrected chi connectivity index (χ2v) is 21.4. The number of nitrogens with zero attached hydrogens (tertiary/aromatic N) is 7. The number of fused-ring (bicyclic) bond motifs is 1. The summed E-state index contributed by atoms with van der Waals surface area (Å²) in [6.45, 7) is 25.3. The Morgan fingerprint density at radius 3 is 1.68 bits per heavy atom. The molecule has 0 aliphatic carbocycles. The van der Waals surface area contributed by atoms with Gasteiger partial charge in [0.25, 0.3) is 0 Å². The number of likely N-dealkylation sites (N-methyl/N-ethyl adjacent to an activating group) is 2. The third-order valence-electron chi connectivity index (χ3n) is 12.8. The number of aryl methyl sites for hydroxylation is 1. The minimum atomic E-state index is -0.365. The van der Waals surface area contributed by atoms with E-state index < -0.39 is 0 Å². The van der Waals surface area contributed by atoms with Gasteiger partial charge in [0.2, 0.25) is 5.95 Å². The zero-order valence-corrected chi connectivity index (χ0v) is 48.8. The fourth-order valence-corrected chi connectivity index (χ4v) is 8.46. The van der Waals surface area contributed by atoms with Gasteiger partial charge in [0, 0.05) is 50.8 Å². The normalized spacial score (nSPS) is 11.3. The van der Waals surface area contributed by atoms with Gasteiger partial charge >= 0.3 is 0 Å². The number of Topliss-reactive ketones (excluding diaryl/α,β-unsaturated/α-hetero) is 2. The third kappa shape index (κ3) is 19.2. The quantitative estimate of drug-likeness (QED) is 0.0334. The molecule has 7 aromatic rings. The number of pyridine rings is 2. The lowest BCUT2D eigenvalue weighted by Gasteiger charge is -2.20. The largest absolute Gasteiger partial charge is 0.457 e. The summed E-state index contributed by atoms with van der Waals surface area (Å²) in [5, 5.41) is 8.34. The maximum absolute atomic E-state index is 14.6. The van der Waals surface area contributed by atoms with Crippen molar-refractivity contribution in [2.75, 3.05) is 62.7 Å². The van der Waals surface area contributed by atoms with Crippen LogP contribution in [0.5, 0.6) is 23.0 Å². The zero-order chi connectivity index (χ0) is 57.9. The van der Waals surface area contributed by atoms with Gasteiger partial charge in [-0.05, 0) is 134 Å². The standard InChI is InChI=1S/C31H38FN5O2.C20H28N4O2.C11H12FNS/c1-7-15-37(8-2)20-23(38)17-22-18-25(13-14-33-22)39-24-10-12-29-28(19-24)35-30(36(29)6)34-27-16-21(31(3,4)5)9-11-26(27)32;1-4-10-24(5-2)14-16(25)11-15-12-18(8-9-23-15)26-17-6-7-20(22-3)19(21)13-17;1-11(2,3)8-4-5-9(12)10(6-8)13-7-14/h9-14,16,18-19H,7-8,15,17,20H2,1-6H3,(H,34,35);6-9,12-13,22H,4-5,10-11,14,21H2,1-3H3;4-6H,1-3H3. The Morgan fingerprint density at radius 1 is 0.684 bits per heavy atom.